The molecule has 1 N–H and O–H groups in total. The Labute approximate surface area is 183 Å². The zero-order valence-electron chi connectivity index (χ0n) is 19.1. The second-order valence-corrected chi connectivity index (χ2v) is 9.64. The van der Waals surface area contributed by atoms with Crippen LogP contribution in [0.15, 0.2) is 30.3 Å². The predicted molar refractivity (Wildman–Crippen MR) is 118 cm³/mol. The molecule has 0 spiro atoms. The van der Waals surface area contributed by atoms with Gasteiger partial charge in [0.1, 0.15) is 18.8 Å². The van der Waals surface area contributed by atoms with Gasteiger partial charge in [-0.2, -0.15) is 0 Å². The van der Waals surface area contributed by atoms with Crippen LogP contribution in [0.3, 0.4) is 0 Å². The SMILES string of the molecule is Cc1cc(C(C)(C)C)cc(C)c1CN1C(=O)N[C@](C)(c2ccc3c(c2)OCCO3)C1=O. The van der Waals surface area contributed by atoms with E-state index in [9.17, 15) is 9.59 Å². The van der Waals surface area contributed by atoms with Crippen LogP contribution in [0.25, 0.3) is 0 Å². The summed E-state index contributed by atoms with van der Waals surface area (Å²) >= 11 is 0. The quantitative estimate of drug-likeness (QED) is 0.747. The summed E-state index contributed by atoms with van der Waals surface area (Å²) in [6.07, 6.45) is 0. The fourth-order valence-corrected chi connectivity index (χ4v) is 4.22. The average Bonchev–Trinajstić information content (AvgIpc) is 2.93. The molecule has 2 aliphatic rings. The first-order valence-electron chi connectivity index (χ1n) is 10.7. The first-order chi connectivity index (χ1) is 14.5. The molecule has 0 saturated carbocycles. The highest BCUT2D eigenvalue weighted by Gasteiger charge is 2.49. The van der Waals surface area contributed by atoms with Gasteiger partial charge in [-0.3, -0.25) is 9.69 Å². The van der Waals surface area contributed by atoms with Crippen LogP contribution in [-0.2, 0) is 22.3 Å². The third-order valence-corrected chi connectivity index (χ3v) is 6.27. The van der Waals surface area contributed by atoms with Crippen LogP contribution < -0.4 is 14.8 Å². The lowest BCUT2D eigenvalue weighted by atomic mass is 9.83. The molecular weight excluding hydrogens is 392 g/mol. The minimum absolute atomic E-state index is 0.0334. The van der Waals surface area contributed by atoms with Crippen molar-refractivity contribution in [2.45, 2.75) is 59.0 Å². The molecule has 0 aromatic heterocycles. The van der Waals surface area contributed by atoms with Crippen LogP contribution in [0.2, 0.25) is 0 Å². The summed E-state index contributed by atoms with van der Waals surface area (Å²) in [5.74, 6) is 0.972. The molecule has 1 atom stereocenters. The van der Waals surface area contributed by atoms with Crippen molar-refractivity contribution in [3.05, 3.63) is 58.1 Å². The normalized spacial score (nSPS) is 20.8. The highest BCUT2D eigenvalue weighted by molar-refractivity contribution is 6.07. The number of nitrogens with zero attached hydrogens (tertiary/aromatic N) is 1. The van der Waals surface area contributed by atoms with Gasteiger partial charge in [0.15, 0.2) is 11.5 Å². The number of fused-ring (bicyclic) bond motifs is 1. The van der Waals surface area contributed by atoms with Gasteiger partial charge in [0.2, 0.25) is 0 Å². The van der Waals surface area contributed by atoms with Crippen molar-refractivity contribution in [3.8, 4) is 11.5 Å². The maximum absolute atomic E-state index is 13.4. The van der Waals surface area contributed by atoms with Gasteiger partial charge in [-0.25, -0.2) is 4.79 Å². The van der Waals surface area contributed by atoms with Crippen LogP contribution >= 0.6 is 0 Å². The maximum Gasteiger partial charge on any atom is 0.325 e. The van der Waals surface area contributed by atoms with Crippen LogP contribution in [-0.4, -0.2) is 30.1 Å². The zero-order chi connectivity index (χ0) is 22.6. The summed E-state index contributed by atoms with van der Waals surface area (Å²) in [6.45, 7) is 13.5. The van der Waals surface area contributed by atoms with Crippen molar-refractivity contribution in [2.24, 2.45) is 0 Å². The molecule has 2 aromatic rings. The Morgan fingerprint density at radius 2 is 1.61 bits per heavy atom. The predicted octanol–water partition coefficient (Wildman–Crippen LogP) is 4.34. The molecular formula is C25H30N2O4. The van der Waals surface area contributed by atoms with E-state index in [0.29, 0.717) is 30.3 Å². The fourth-order valence-electron chi connectivity index (χ4n) is 4.22. The molecule has 164 valence electrons. The Morgan fingerprint density at radius 1 is 1.00 bits per heavy atom. The summed E-state index contributed by atoms with van der Waals surface area (Å²) in [5, 5.41) is 2.89. The summed E-state index contributed by atoms with van der Waals surface area (Å²) < 4.78 is 11.2. The number of imide groups is 1. The number of rotatable bonds is 3. The number of urea groups is 1. The molecule has 0 aliphatic carbocycles. The maximum atomic E-state index is 13.4. The molecule has 1 saturated heterocycles. The Hall–Kier alpha value is -3.02. The summed E-state index contributed by atoms with van der Waals surface area (Å²) in [5.41, 5.74) is 3.96. The van der Waals surface area contributed by atoms with Gasteiger partial charge in [-0.05, 0) is 66.1 Å². The van der Waals surface area contributed by atoms with E-state index in [2.05, 4.69) is 38.2 Å². The van der Waals surface area contributed by atoms with Crippen LogP contribution in [0.4, 0.5) is 4.79 Å². The van der Waals surface area contributed by atoms with E-state index >= 15 is 0 Å². The van der Waals surface area contributed by atoms with E-state index in [-0.39, 0.29) is 23.9 Å². The zero-order valence-corrected chi connectivity index (χ0v) is 19.1. The van der Waals surface area contributed by atoms with Crippen LogP contribution in [0.5, 0.6) is 11.5 Å². The van der Waals surface area contributed by atoms with E-state index in [4.69, 9.17) is 9.47 Å². The molecule has 6 nitrogen and oxygen atoms in total. The van der Waals surface area contributed by atoms with E-state index < -0.39 is 5.54 Å². The van der Waals surface area contributed by atoms with Gasteiger partial charge in [0.05, 0.1) is 6.54 Å². The third kappa shape index (κ3) is 3.64. The largest absolute Gasteiger partial charge is 0.486 e. The van der Waals surface area contributed by atoms with Crippen molar-refractivity contribution in [2.75, 3.05) is 13.2 Å². The smallest absolute Gasteiger partial charge is 0.325 e. The molecule has 3 amide bonds. The number of nitrogens with one attached hydrogen (secondary N) is 1. The van der Waals surface area contributed by atoms with E-state index in [1.165, 1.54) is 10.5 Å². The number of hydrogen-bond acceptors (Lipinski definition) is 4. The van der Waals surface area contributed by atoms with Crippen molar-refractivity contribution >= 4 is 11.9 Å². The van der Waals surface area contributed by atoms with Gasteiger partial charge < -0.3 is 14.8 Å². The molecule has 6 heteroatoms. The van der Waals surface area contributed by atoms with Crippen molar-refractivity contribution in [3.63, 3.8) is 0 Å². The minimum Gasteiger partial charge on any atom is -0.486 e. The van der Waals surface area contributed by atoms with Crippen molar-refractivity contribution in [1.82, 2.24) is 10.2 Å². The number of hydrogen-bond donors (Lipinski definition) is 1. The van der Waals surface area contributed by atoms with Gasteiger partial charge in [-0.1, -0.05) is 39.0 Å². The highest BCUT2D eigenvalue weighted by atomic mass is 16.6. The molecule has 2 aromatic carbocycles. The lowest BCUT2D eigenvalue weighted by molar-refractivity contribution is -0.131. The first kappa shape index (κ1) is 21.2. The van der Waals surface area contributed by atoms with Crippen LogP contribution in [0.1, 0.15) is 55.5 Å². The summed E-state index contributed by atoms with van der Waals surface area (Å²) in [4.78, 5) is 27.6. The van der Waals surface area contributed by atoms with E-state index in [1.807, 2.05) is 19.9 Å². The number of carbonyl (C=O) groups is 2. The molecule has 0 unspecified atom stereocenters. The standard InChI is InChI=1S/C25H30N2O4/c1-15-11-18(24(3,4)5)12-16(2)19(15)14-27-22(28)25(6,26-23(27)29)17-7-8-20-21(13-17)31-10-9-30-20/h7-8,11-13H,9-10,14H2,1-6H3,(H,26,29)/t25-/m1/s1. The molecule has 2 aliphatic heterocycles. The second kappa shape index (κ2) is 7.29. The number of ether oxygens (including phenoxy) is 2. The Morgan fingerprint density at radius 3 is 2.23 bits per heavy atom. The number of amides is 3. The molecule has 1 fully saturated rings. The van der Waals surface area contributed by atoms with Crippen LogP contribution in [0, 0.1) is 13.8 Å². The monoisotopic (exact) mass is 422 g/mol. The van der Waals surface area contributed by atoms with Crippen molar-refractivity contribution < 1.29 is 19.1 Å². The number of benzene rings is 2. The van der Waals surface area contributed by atoms with Crippen molar-refractivity contribution in [1.29, 1.82) is 0 Å². The third-order valence-electron chi connectivity index (χ3n) is 6.27. The van der Waals surface area contributed by atoms with Gasteiger partial charge in [-0.15, -0.1) is 0 Å². The number of carbonyl (C=O) groups excluding carboxylic acids is 2. The van der Waals surface area contributed by atoms with E-state index in [0.717, 1.165) is 16.7 Å². The Balaban J connectivity index is 1.64. The Kier molecular flexibility index (Phi) is 4.99. The molecule has 0 radical (unpaired) electrons. The molecule has 31 heavy (non-hydrogen) atoms. The van der Waals surface area contributed by atoms with E-state index in [1.54, 1.807) is 19.1 Å². The lowest BCUT2D eigenvalue weighted by Gasteiger charge is -2.26. The molecule has 2 heterocycles. The first-order valence-corrected chi connectivity index (χ1v) is 10.7. The van der Waals surface area contributed by atoms with Gasteiger partial charge in [0.25, 0.3) is 5.91 Å². The summed E-state index contributed by atoms with van der Waals surface area (Å²) in [6, 6.07) is 9.30. The lowest BCUT2D eigenvalue weighted by Crippen LogP contribution is -2.41. The van der Waals surface area contributed by atoms with Gasteiger partial charge >= 0.3 is 6.03 Å². The topological polar surface area (TPSA) is 67.9 Å². The van der Waals surface area contributed by atoms with Gasteiger partial charge in [0, 0.05) is 0 Å². The number of aryl methyl sites for hydroxylation is 2. The minimum atomic E-state index is -1.15. The summed E-state index contributed by atoms with van der Waals surface area (Å²) in [7, 11) is 0. The Bertz CT molecular complexity index is 1050. The molecule has 0 bridgehead atoms. The fraction of sp³-hybridized carbons (Fsp3) is 0.440. The molecule has 4 rings (SSSR count). The average molecular weight is 423 g/mol. The second-order valence-electron chi connectivity index (χ2n) is 9.64. The highest BCUT2D eigenvalue weighted by Crippen LogP contribution is 2.37.